The van der Waals surface area contributed by atoms with Crippen LogP contribution in [0.1, 0.15) is 24.9 Å². The Morgan fingerprint density at radius 3 is 2.82 bits per heavy atom. The van der Waals surface area contributed by atoms with Crippen molar-refractivity contribution in [3.05, 3.63) is 31.8 Å². The Labute approximate surface area is 125 Å². The topological polar surface area (TPSA) is 47.3 Å². The molecule has 0 amide bonds. The third-order valence-corrected chi connectivity index (χ3v) is 4.21. The highest BCUT2D eigenvalue weighted by atomic mass is 127. The van der Waals surface area contributed by atoms with Crippen molar-refractivity contribution in [2.75, 3.05) is 13.7 Å². The standard InChI is InChI=1S/C12H18BrIN2O/c1-8(5-6-17-2)12(16-15)10-7-9(14)3-4-11(10)13/h3-4,7-8,12,16H,5-6,15H2,1-2H3. The molecule has 0 saturated carbocycles. The molecule has 1 rings (SSSR count). The smallest absolute Gasteiger partial charge is 0.0497 e. The van der Waals surface area contributed by atoms with E-state index in [0.717, 1.165) is 17.5 Å². The van der Waals surface area contributed by atoms with Gasteiger partial charge in [-0.3, -0.25) is 11.3 Å². The van der Waals surface area contributed by atoms with Gasteiger partial charge in [0.15, 0.2) is 0 Å². The maximum Gasteiger partial charge on any atom is 0.0497 e. The molecule has 0 saturated heterocycles. The molecule has 1 aromatic carbocycles. The van der Waals surface area contributed by atoms with E-state index < -0.39 is 0 Å². The van der Waals surface area contributed by atoms with Gasteiger partial charge in [0.1, 0.15) is 0 Å². The molecule has 96 valence electrons. The molecule has 0 aliphatic heterocycles. The number of rotatable bonds is 6. The van der Waals surface area contributed by atoms with Gasteiger partial charge in [0.25, 0.3) is 0 Å². The van der Waals surface area contributed by atoms with Crippen LogP contribution in [0.4, 0.5) is 0 Å². The molecule has 0 spiro atoms. The Bertz CT molecular complexity index is 362. The summed E-state index contributed by atoms with van der Waals surface area (Å²) in [6.45, 7) is 2.93. The zero-order valence-electron chi connectivity index (χ0n) is 10.0. The highest BCUT2D eigenvalue weighted by molar-refractivity contribution is 14.1. The monoisotopic (exact) mass is 412 g/mol. The second-order valence-electron chi connectivity index (χ2n) is 4.07. The Hall–Kier alpha value is 0.310. The van der Waals surface area contributed by atoms with Crippen molar-refractivity contribution < 1.29 is 4.74 Å². The first-order valence-corrected chi connectivity index (χ1v) is 7.37. The predicted octanol–water partition coefficient (Wildman–Crippen LogP) is 3.23. The van der Waals surface area contributed by atoms with Gasteiger partial charge in [0, 0.05) is 27.8 Å². The lowest BCUT2D eigenvalue weighted by Gasteiger charge is -2.24. The Balaban J connectivity index is 2.88. The molecule has 5 heteroatoms. The molecule has 0 fully saturated rings. The zero-order valence-corrected chi connectivity index (χ0v) is 13.8. The number of benzene rings is 1. The van der Waals surface area contributed by atoms with Crippen molar-refractivity contribution in [3.63, 3.8) is 0 Å². The van der Waals surface area contributed by atoms with Crippen LogP contribution in [-0.2, 0) is 4.74 Å². The molecule has 3 N–H and O–H groups in total. The molecule has 0 aliphatic carbocycles. The van der Waals surface area contributed by atoms with E-state index in [1.54, 1.807) is 7.11 Å². The highest BCUT2D eigenvalue weighted by Gasteiger charge is 2.20. The van der Waals surface area contributed by atoms with Crippen molar-refractivity contribution in [3.8, 4) is 0 Å². The van der Waals surface area contributed by atoms with E-state index in [9.17, 15) is 0 Å². The third-order valence-electron chi connectivity index (χ3n) is 2.82. The van der Waals surface area contributed by atoms with Gasteiger partial charge in [0.2, 0.25) is 0 Å². The molecule has 3 nitrogen and oxygen atoms in total. The van der Waals surface area contributed by atoms with Crippen LogP contribution in [0.25, 0.3) is 0 Å². The molecule has 0 heterocycles. The van der Waals surface area contributed by atoms with Gasteiger partial charge in [-0.15, -0.1) is 0 Å². The van der Waals surface area contributed by atoms with Gasteiger partial charge in [-0.25, -0.2) is 0 Å². The molecule has 0 aromatic heterocycles. The molecule has 2 unspecified atom stereocenters. The number of hydrogen-bond acceptors (Lipinski definition) is 3. The van der Waals surface area contributed by atoms with E-state index in [1.807, 2.05) is 0 Å². The van der Waals surface area contributed by atoms with Gasteiger partial charge >= 0.3 is 0 Å². The van der Waals surface area contributed by atoms with Crippen molar-refractivity contribution in [1.29, 1.82) is 0 Å². The normalized spacial score (nSPS) is 14.6. The van der Waals surface area contributed by atoms with Gasteiger partial charge in [-0.2, -0.15) is 0 Å². The number of nitrogens with one attached hydrogen (secondary N) is 1. The Kier molecular flexibility index (Phi) is 6.94. The number of methoxy groups -OCH3 is 1. The van der Waals surface area contributed by atoms with E-state index in [2.05, 4.69) is 69.1 Å². The lowest BCUT2D eigenvalue weighted by molar-refractivity contribution is 0.170. The average molecular weight is 413 g/mol. The highest BCUT2D eigenvalue weighted by Crippen LogP contribution is 2.31. The number of hydrogen-bond donors (Lipinski definition) is 2. The summed E-state index contributed by atoms with van der Waals surface area (Å²) in [6.07, 6.45) is 0.975. The van der Waals surface area contributed by atoms with E-state index >= 15 is 0 Å². The van der Waals surface area contributed by atoms with E-state index in [1.165, 1.54) is 9.13 Å². The molecule has 1 aromatic rings. The minimum Gasteiger partial charge on any atom is -0.385 e. The van der Waals surface area contributed by atoms with E-state index in [0.29, 0.717) is 5.92 Å². The lowest BCUT2D eigenvalue weighted by Crippen LogP contribution is -2.33. The SMILES string of the molecule is COCCC(C)C(NN)c1cc(I)ccc1Br. The lowest BCUT2D eigenvalue weighted by atomic mass is 9.93. The van der Waals surface area contributed by atoms with Crippen molar-refractivity contribution >= 4 is 38.5 Å². The summed E-state index contributed by atoms with van der Waals surface area (Å²) >= 11 is 5.89. The van der Waals surface area contributed by atoms with Gasteiger partial charge < -0.3 is 4.74 Å². The fourth-order valence-electron chi connectivity index (χ4n) is 1.78. The van der Waals surface area contributed by atoms with Crippen LogP contribution in [0.3, 0.4) is 0 Å². The van der Waals surface area contributed by atoms with Crippen LogP contribution in [0.5, 0.6) is 0 Å². The summed E-state index contributed by atoms with van der Waals surface area (Å²) < 4.78 is 7.41. The summed E-state index contributed by atoms with van der Waals surface area (Å²) in [5.41, 5.74) is 4.10. The average Bonchev–Trinajstić information content (AvgIpc) is 2.32. The van der Waals surface area contributed by atoms with Crippen LogP contribution < -0.4 is 11.3 Å². The number of nitrogens with two attached hydrogens (primary N) is 1. The molecule has 17 heavy (non-hydrogen) atoms. The first-order chi connectivity index (χ1) is 8.10. The van der Waals surface area contributed by atoms with Crippen LogP contribution in [0.2, 0.25) is 0 Å². The summed E-state index contributed by atoms with van der Waals surface area (Å²) in [6, 6.07) is 6.42. The van der Waals surface area contributed by atoms with Gasteiger partial charge in [-0.1, -0.05) is 22.9 Å². The third kappa shape index (κ3) is 4.48. The van der Waals surface area contributed by atoms with Crippen molar-refractivity contribution in [2.45, 2.75) is 19.4 Å². The van der Waals surface area contributed by atoms with Crippen molar-refractivity contribution in [1.82, 2.24) is 5.43 Å². The summed E-state index contributed by atoms with van der Waals surface area (Å²) in [7, 11) is 1.72. The summed E-state index contributed by atoms with van der Waals surface area (Å²) in [5.74, 6) is 6.09. The zero-order chi connectivity index (χ0) is 12.8. The Morgan fingerprint density at radius 1 is 1.53 bits per heavy atom. The fraction of sp³-hybridized carbons (Fsp3) is 0.500. The largest absolute Gasteiger partial charge is 0.385 e. The van der Waals surface area contributed by atoms with Crippen LogP contribution in [0, 0.1) is 9.49 Å². The Morgan fingerprint density at radius 2 is 2.24 bits per heavy atom. The second-order valence-corrected chi connectivity index (χ2v) is 6.17. The van der Waals surface area contributed by atoms with Crippen LogP contribution in [0.15, 0.2) is 22.7 Å². The molecule has 0 aliphatic rings. The minimum absolute atomic E-state index is 0.134. The maximum atomic E-state index is 5.68. The number of ether oxygens (including phenoxy) is 1. The molecule has 0 radical (unpaired) electrons. The number of halogens is 2. The second kappa shape index (κ2) is 7.68. The molecular weight excluding hydrogens is 395 g/mol. The first kappa shape index (κ1) is 15.4. The fourth-order valence-corrected chi connectivity index (χ4v) is 2.79. The molecule has 0 bridgehead atoms. The summed E-state index contributed by atoms with van der Waals surface area (Å²) in [4.78, 5) is 0. The van der Waals surface area contributed by atoms with Crippen molar-refractivity contribution in [2.24, 2.45) is 11.8 Å². The van der Waals surface area contributed by atoms with E-state index in [-0.39, 0.29) is 6.04 Å². The molecular formula is C12H18BrIN2O. The quantitative estimate of drug-likeness (QED) is 0.428. The maximum absolute atomic E-state index is 5.68. The van der Waals surface area contributed by atoms with Gasteiger partial charge in [0.05, 0.1) is 0 Å². The number of hydrazine groups is 1. The first-order valence-electron chi connectivity index (χ1n) is 5.50. The van der Waals surface area contributed by atoms with E-state index in [4.69, 9.17) is 10.6 Å². The summed E-state index contributed by atoms with van der Waals surface area (Å²) in [5, 5.41) is 0. The van der Waals surface area contributed by atoms with Gasteiger partial charge in [-0.05, 0) is 58.7 Å². The predicted molar refractivity (Wildman–Crippen MR) is 82.6 cm³/mol. The van der Waals surface area contributed by atoms with Crippen LogP contribution in [-0.4, -0.2) is 13.7 Å². The minimum atomic E-state index is 0.134. The van der Waals surface area contributed by atoms with Crippen LogP contribution >= 0.6 is 38.5 Å². The molecule has 2 atom stereocenters.